The summed E-state index contributed by atoms with van der Waals surface area (Å²) < 4.78 is 15.9. The molecule has 0 saturated carbocycles. The van der Waals surface area contributed by atoms with Crippen LogP contribution in [0.4, 0.5) is 5.69 Å². The van der Waals surface area contributed by atoms with Crippen molar-refractivity contribution < 1.29 is 13.3 Å². The number of aryl methyl sites for hydroxylation is 1. The summed E-state index contributed by atoms with van der Waals surface area (Å²) in [7, 11) is 2.30. The van der Waals surface area contributed by atoms with Crippen molar-refractivity contribution in [1.29, 1.82) is 0 Å². The number of rotatable bonds is 6. The molecule has 0 amide bonds. The standard InChI is InChI=1S/C11H19NO3Si/c1-10-5-7-11(8-6-10)12-9-16(13-2,14-3)15-4/h5-8,12H,9H2,1-4H3. The lowest BCUT2D eigenvalue weighted by Gasteiger charge is -2.24. The first-order valence-electron chi connectivity index (χ1n) is 5.12. The third kappa shape index (κ3) is 3.31. The summed E-state index contributed by atoms with van der Waals surface area (Å²) in [5.74, 6) is 0. The van der Waals surface area contributed by atoms with Crippen LogP contribution in [0.3, 0.4) is 0 Å². The molecule has 0 aliphatic carbocycles. The fourth-order valence-corrected chi connectivity index (χ4v) is 2.70. The van der Waals surface area contributed by atoms with Crippen molar-refractivity contribution in [3.63, 3.8) is 0 Å². The van der Waals surface area contributed by atoms with Crippen molar-refractivity contribution in [3.05, 3.63) is 29.8 Å². The number of nitrogens with one attached hydrogen (secondary N) is 1. The Bertz CT molecular complexity index is 303. The monoisotopic (exact) mass is 241 g/mol. The van der Waals surface area contributed by atoms with Crippen LogP contribution >= 0.6 is 0 Å². The summed E-state index contributed by atoms with van der Waals surface area (Å²) >= 11 is 0. The molecule has 0 saturated heterocycles. The molecule has 0 bridgehead atoms. The molecule has 0 atom stereocenters. The summed E-state index contributed by atoms with van der Waals surface area (Å²) in [5.41, 5.74) is 2.27. The molecule has 4 nitrogen and oxygen atoms in total. The van der Waals surface area contributed by atoms with Gasteiger partial charge in [-0.1, -0.05) is 17.7 Å². The Labute approximate surface area is 97.9 Å². The quantitative estimate of drug-likeness (QED) is 0.771. The molecule has 0 fully saturated rings. The predicted octanol–water partition coefficient (Wildman–Crippen LogP) is 1.82. The van der Waals surface area contributed by atoms with E-state index >= 15 is 0 Å². The smallest absolute Gasteiger partial charge is 0.381 e. The lowest BCUT2D eigenvalue weighted by Crippen LogP contribution is -2.49. The van der Waals surface area contributed by atoms with Gasteiger partial charge < -0.3 is 18.6 Å². The van der Waals surface area contributed by atoms with E-state index in [0.717, 1.165) is 5.69 Å². The van der Waals surface area contributed by atoms with Crippen molar-refractivity contribution in [1.82, 2.24) is 0 Å². The Morgan fingerprint density at radius 2 is 1.50 bits per heavy atom. The zero-order chi connectivity index (χ0) is 12.0. The van der Waals surface area contributed by atoms with Gasteiger partial charge in [0.05, 0.1) is 6.17 Å². The second-order valence-electron chi connectivity index (χ2n) is 3.51. The van der Waals surface area contributed by atoms with Crippen LogP contribution in [-0.2, 0) is 13.3 Å². The maximum absolute atomic E-state index is 5.31. The third-order valence-electron chi connectivity index (χ3n) is 2.49. The van der Waals surface area contributed by atoms with Gasteiger partial charge in [-0.25, -0.2) is 0 Å². The molecule has 1 aromatic carbocycles. The van der Waals surface area contributed by atoms with E-state index in [1.54, 1.807) is 21.3 Å². The molecule has 0 unspecified atom stereocenters. The topological polar surface area (TPSA) is 39.7 Å². The molecule has 90 valence electrons. The second kappa shape index (κ2) is 6.00. The lowest BCUT2D eigenvalue weighted by atomic mass is 10.2. The summed E-state index contributed by atoms with van der Waals surface area (Å²) in [6, 6.07) is 8.15. The zero-order valence-electron chi connectivity index (χ0n) is 10.2. The van der Waals surface area contributed by atoms with Crippen LogP contribution in [0.15, 0.2) is 24.3 Å². The van der Waals surface area contributed by atoms with Crippen LogP contribution in [0.1, 0.15) is 5.56 Å². The van der Waals surface area contributed by atoms with Gasteiger partial charge in [0.2, 0.25) is 0 Å². The summed E-state index contributed by atoms with van der Waals surface area (Å²) in [4.78, 5) is 0. The van der Waals surface area contributed by atoms with E-state index in [2.05, 4.69) is 24.4 Å². The first-order chi connectivity index (χ1) is 7.65. The Morgan fingerprint density at radius 1 is 1.00 bits per heavy atom. The first kappa shape index (κ1) is 13.2. The van der Waals surface area contributed by atoms with Gasteiger partial charge in [-0.3, -0.25) is 0 Å². The van der Waals surface area contributed by atoms with Crippen LogP contribution in [0, 0.1) is 6.92 Å². The van der Waals surface area contributed by atoms with Gasteiger partial charge >= 0.3 is 8.80 Å². The van der Waals surface area contributed by atoms with Crippen LogP contribution in [0.2, 0.25) is 0 Å². The zero-order valence-corrected chi connectivity index (χ0v) is 11.2. The minimum absolute atomic E-state index is 0.555. The van der Waals surface area contributed by atoms with Gasteiger partial charge in [0, 0.05) is 27.0 Å². The molecule has 0 heterocycles. The van der Waals surface area contributed by atoms with Crippen LogP contribution in [0.5, 0.6) is 0 Å². The van der Waals surface area contributed by atoms with Crippen LogP contribution in [0.25, 0.3) is 0 Å². The molecule has 0 spiro atoms. The normalized spacial score (nSPS) is 11.5. The molecule has 0 aliphatic heterocycles. The fourth-order valence-electron chi connectivity index (χ4n) is 1.35. The van der Waals surface area contributed by atoms with E-state index in [9.17, 15) is 0 Å². The Hall–Kier alpha value is -0.883. The van der Waals surface area contributed by atoms with Crippen molar-refractivity contribution in [2.24, 2.45) is 0 Å². The largest absolute Gasteiger partial charge is 0.520 e. The highest BCUT2D eigenvalue weighted by molar-refractivity contribution is 6.61. The average Bonchev–Trinajstić information content (AvgIpc) is 2.34. The average molecular weight is 241 g/mol. The molecule has 5 heteroatoms. The number of anilines is 1. The van der Waals surface area contributed by atoms with Crippen molar-refractivity contribution >= 4 is 14.5 Å². The Balaban J connectivity index is 2.58. The fraction of sp³-hybridized carbons (Fsp3) is 0.455. The summed E-state index contributed by atoms with van der Waals surface area (Å²) in [5, 5.41) is 3.25. The highest BCUT2D eigenvalue weighted by atomic mass is 28.4. The summed E-state index contributed by atoms with van der Waals surface area (Å²) in [6.07, 6.45) is 0.555. The van der Waals surface area contributed by atoms with Gasteiger partial charge in [-0.15, -0.1) is 0 Å². The van der Waals surface area contributed by atoms with Gasteiger partial charge in [-0.2, -0.15) is 0 Å². The number of benzene rings is 1. The van der Waals surface area contributed by atoms with Gasteiger partial charge in [0.25, 0.3) is 0 Å². The predicted molar refractivity (Wildman–Crippen MR) is 66.4 cm³/mol. The molecular weight excluding hydrogens is 222 g/mol. The van der Waals surface area contributed by atoms with Crippen LogP contribution < -0.4 is 5.32 Å². The molecule has 0 aromatic heterocycles. The first-order valence-corrected chi connectivity index (χ1v) is 7.05. The Morgan fingerprint density at radius 3 is 1.94 bits per heavy atom. The van der Waals surface area contributed by atoms with E-state index in [4.69, 9.17) is 13.3 Å². The van der Waals surface area contributed by atoms with Gasteiger partial charge in [-0.05, 0) is 19.1 Å². The maximum Gasteiger partial charge on any atom is 0.520 e. The highest BCUT2D eigenvalue weighted by Gasteiger charge is 2.37. The van der Waals surface area contributed by atoms with E-state index in [1.165, 1.54) is 5.56 Å². The van der Waals surface area contributed by atoms with Crippen LogP contribution in [-0.4, -0.2) is 36.3 Å². The molecule has 1 aromatic rings. The van der Waals surface area contributed by atoms with Crippen molar-refractivity contribution in [2.75, 3.05) is 32.8 Å². The van der Waals surface area contributed by atoms with Gasteiger partial charge in [0.1, 0.15) is 0 Å². The van der Waals surface area contributed by atoms with Crippen molar-refractivity contribution in [2.45, 2.75) is 6.92 Å². The molecule has 0 aliphatic rings. The van der Waals surface area contributed by atoms with E-state index in [0.29, 0.717) is 6.17 Å². The number of hydrogen-bond donors (Lipinski definition) is 1. The van der Waals surface area contributed by atoms with E-state index in [1.807, 2.05) is 12.1 Å². The van der Waals surface area contributed by atoms with E-state index < -0.39 is 8.80 Å². The molecule has 0 radical (unpaired) electrons. The van der Waals surface area contributed by atoms with Crippen molar-refractivity contribution in [3.8, 4) is 0 Å². The minimum Gasteiger partial charge on any atom is -0.381 e. The molecule has 1 rings (SSSR count). The minimum atomic E-state index is -2.52. The summed E-state index contributed by atoms with van der Waals surface area (Å²) in [6.45, 7) is 2.06. The highest BCUT2D eigenvalue weighted by Crippen LogP contribution is 2.11. The molecule has 1 N–H and O–H groups in total. The Kier molecular flexibility index (Phi) is 4.95. The maximum atomic E-state index is 5.31. The number of hydrogen-bond acceptors (Lipinski definition) is 4. The third-order valence-corrected chi connectivity index (χ3v) is 4.97. The van der Waals surface area contributed by atoms with E-state index in [-0.39, 0.29) is 0 Å². The SMILES string of the molecule is CO[Si](CNc1ccc(C)cc1)(OC)OC. The van der Waals surface area contributed by atoms with Gasteiger partial charge in [0.15, 0.2) is 0 Å². The molecular formula is C11H19NO3Si. The second-order valence-corrected chi connectivity index (χ2v) is 6.46. The lowest BCUT2D eigenvalue weighted by molar-refractivity contribution is 0.127. The molecule has 16 heavy (non-hydrogen) atoms.